The van der Waals surface area contributed by atoms with Gasteiger partial charge in [-0.25, -0.2) is 0 Å². The average molecular weight is 202 g/mol. The van der Waals surface area contributed by atoms with Crippen molar-refractivity contribution < 1.29 is 4.79 Å². The van der Waals surface area contributed by atoms with Gasteiger partial charge in [-0.15, -0.1) is 0 Å². The molecule has 0 aliphatic carbocycles. The number of carbonyl (C=O) groups excluding carboxylic acids is 1. The molecule has 0 spiro atoms. The molecule has 4 heteroatoms. The lowest BCUT2D eigenvalue weighted by molar-refractivity contribution is -0.126. The van der Waals surface area contributed by atoms with Gasteiger partial charge in [-0.05, 0) is 25.5 Å². The molecule has 1 aliphatic heterocycles. The van der Waals surface area contributed by atoms with Gasteiger partial charge in [0.25, 0.3) is 0 Å². The van der Waals surface area contributed by atoms with Crippen LogP contribution in [-0.2, 0) is 4.79 Å². The first-order chi connectivity index (χ1) is 6.06. The van der Waals surface area contributed by atoms with Gasteiger partial charge in [0.2, 0.25) is 5.91 Å². The summed E-state index contributed by atoms with van der Waals surface area (Å²) < 4.78 is 0. The van der Waals surface area contributed by atoms with Crippen LogP contribution in [0.3, 0.4) is 0 Å². The zero-order chi connectivity index (χ0) is 9.90. The number of nitrogens with one attached hydrogen (secondary N) is 1. The highest BCUT2D eigenvalue weighted by atomic mass is 32.2. The maximum atomic E-state index is 11.6. The van der Waals surface area contributed by atoms with E-state index in [2.05, 4.69) is 5.32 Å². The van der Waals surface area contributed by atoms with E-state index in [0.717, 1.165) is 17.9 Å². The molecule has 1 fully saturated rings. The molecule has 3 N–H and O–H groups in total. The maximum Gasteiger partial charge on any atom is 0.240 e. The molecule has 1 saturated heterocycles. The lowest BCUT2D eigenvalue weighted by Crippen LogP contribution is -2.53. The van der Waals surface area contributed by atoms with E-state index in [4.69, 9.17) is 5.73 Å². The molecule has 2 unspecified atom stereocenters. The molecule has 0 aromatic rings. The van der Waals surface area contributed by atoms with Gasteiger partial charge in [0.1, 0.15) is 0 Å². The van der Waals surface area contributed by atoms with Crippen molar-refractivity contribution in [2.45, 2.75) is 38.3 Å². The minimum absolute atomic E-state index is 0.0116. The molecule has 1 heterocycles. The van der Waals surface area contributed by atoms with E-state index in [0.29, 0.717) is 12.5 Å². The molecule has 13 heavy (non-hydrogen) atoms. The summed E-state index contributed by atoms with van der Waals surface area (Å²) in [6, 6.07) is 0.340. The van der Waals surface area contributed by atoms with Crippen LogP contribution in [0.2, 0.25) is 0 Å². The number of nitrogens with two attached hydrogens (primary N) is 1. The molecule has 0 aromatic carbocycles. The standard InChI is InChI=1S/C9H18N2OS/c1-3-9(2,10)8(12)11-7-4-5-13-6-7/h7H,3-6,10H2,1-2H3,(H,11,12). The lowest BCUT2D eigenvalue weighted by atomic mass is 9.99. The molecule has 1 amide bonds. The Morgan fingerprint density at radius 3 is 2.92 bits per heavy atom. The topological polar surface area (TPSA) is 55.1 Å². The van der Waals surface area contributed by atoms with E-state index in [1.54, 1.807) is 6.92 Å². The Bertz CT molecular complexity index is 188. The first-order valence-electron chi connectivity index (χ1n) is 4.74. The normalized spacial score (nSPS) is 26.8. The first-order valence-corrected chi connectivity index (χ1v) is 5.89. The van der Waals surface area contributed by atoms with Crippen LogP contribution in [0.4, 0.5) is 0 Å². The molecular weight excluding hydrogens is 184 g/mol. The third kappa shape index (κ3) is 2.88. The monoisotopic (exact) mass is 202 g/mol. The molecule has 3 nitrogen and oxygen atoms in total. The van der Waals surface area contributed by atoms with Crippen molar-refractivity contribution in [1.82, 2.24) is 5.32 Å². The third-order valence-corrected chi connectivity index (χ3v) is 3.68. The summed E-state index contributed by atoms with van der Waals surface area (Å²) in [4.78, 5) is 11.6. The third-order valence-electron chi connectivity index (χ3n) is 2.52. The van der Waals surface area contributed by atoms with Crippen LogP contribution in [0.5, 0.6) is 0 Å². The van der Waals surface area contributed by atoms with Crippen LogP contribution in [0.1, 0.15) is 26.7 Å². The second-order valence-corrected chi connectivity index (χ2v) is 4.95. The second-order valence-electron chi connectivity index (χ2n) is 3.80. The summed E-state index contributed by atoms with van der Waals surface area (Å²) in [6.07, 6.45) is 1.76. The van der Waals surface area contributed by atoms with Crippen LogP contribution < -0.4 is 11.1 Å². The van der Waals surface area contributed by atoms with Crippen LogP contribution >= 0.6 is 11.8 Å². The second kappa shape index (κ2) is 4.33. The van der Waals surface area contributed by atoms with Crippen LogP contribution in [0, 0.1) is 0 Å². The van der Waals surface area contributed by atoms with E-state index in [1.165, 1.54) is 0 Å². The van der Waals surface area contributed by atoms with Crippen molar-refractivity contribution in [2.24, 2.45) is 5.73 Å². The Balaban J connectivity index is 2.39. The molecule has 0 radical (unpaired) electrons. The van der Waals surface area contributed by atoms with E-state index >= 15 is 0 Å². The summed E-state index contributed by atoms with van der Waals surface area (Å²) in [5.74, 6) is 2.17. The van der Waals surface area contributed by atoms with Crippen LogP contribution in [-0.4, -0.2) is 29.0 Å². The van der Waals surface area contributed by atoms with Crippen molar-refractivity contribution in [3.8, 4) is 0 Å². The summed E-state index contributed by atoms with van der Waals surface area (Å²) in [5, 5.41) is 2.99. The summed E-state index contributed by atoms with van der Waals surface area (Å²) >= 11 is 1.89. The van der Waals surface area contributed by atoms with E-state index in [9.17, 15) is 4.79 Å². The van der Waals surface area contributed by atoms with E-state index in [-0.39, 0.29) is 5.91 Å². The van der Waals surface area contributed by atoms with Crippen molar-refractivity contribution in [3.05, 3.63) is 0 Å². The first kappa shape index (κ1) is 10.9. The highest BCUT2D eigenvalue weighted by Gasteiger charge is 2.28. The predicted molar refractivity (Wildman–Crippen MR) is 56.8 cm³/mol. The molecular formula is C9H18N2OS. The average Bonchev–Trinajstić information content (AvgIpc) is 2.57. The Labute approximate surface area is 83.8 Å². The number of hydrogen-bond acceptors (Lipinski definition) is 3. The summed E-state index contributed by atoms with van der Waals surface area (Å²) in [5.41, 5.74) is 5.12. The van der Waals surface area contributed by atoms with Gasteiger partial charge in [-0.2, -0.15) is 11.8 Å². The number of hydrogen-bond donors (Lipinski definition) is 2. The highest BCUT2D eigenvalue weighted by Crippen LogP contribution is 2.17. The highest BCUT2D eigenvalue weighted by molar-refractivity contribution is 7.99. The molecule has 0 bridgehead atoms. The molecule has 0 aromatic heterocycles. The number of carbonyl (C=O) groups is 1. The van der Waals surface area contributed by atoms with Gasteiger partial charge in [0.05, 0.1) is 5.54 Å². The van der Waals surface area contributed by atoms with Crippen molar-refractivity contribution >= 4 is 17.7 Å². The number of rotatable bonds is 3. The van der Waals surface area contributed by atoms with Gasteiger partial charge >= 0.3 is 0 Å². The van der Waals surface area contributed by atoms with E-state index in [1.807, 2.05) is 18.7 Å². The zero-order valence-electron chi connectivity index (χ0n) is 8.30. The number of thioether (sulfide) groups is 1. The lowest BCUT2D eigenvalue weighted by Gasteiger charge is -2.23. The molecule has 76 valence electrons. The summed E-state index contributed by atoms with van der Waals surface area (Å²) in [7, 11) is 0. The minimum atomic E-state index is -0.701. The maximum absolute atomic E-state index is 11.6. The Morgan fingerprint density at radius 1 is 1.77 bits per heavy atom. The van der Waals surface area contributed by atoms with Gasteiger partial charge in [-0.3, -0.25) is 4.79 Å². The smallest absolute Gasteiger partial charge is 0.240 e. The van der Waals surface area contributed by atoms with Crippen molar-refractivity contribution in [2.75, 3.05) is 11.5 Å². The molecule has 1 aliphatic rings. The van der Waals surface area contributed by atoms with E-state index < -0.39 is 5.54 Å². The largest absolute Gasteiger partial charge is 0.351 e. The number of amides is 1. The SMILES string of the molecule is CCC(C)(N)C(=O)NC1CCSC1. The Kier molecular flexibility index (Phi) is 3.62. The van der Waals surface area contributed by atoms with Gasteiger partial charge in [0, 0.05) is 11.8 Å². The molecule has 1 rings (SSSR count). The fourth-order valence-corrected chi connectivity index (χ4v) is 2.31. The summed E-state index contributed by atoms with van der Waals surface area (Å²) in [6.45, 7) is 3.72. The van der Waals surface area contributed by atoms with Crippen molar-refractivity contribution in [3.63, 3.8) is 0 Å². The fraction of sp³-hybridized carbons (Fsp3) is 0.889. The predicted octanol–water partition coefficient (Wildman–Crippen LogP) is 0.735. The van der Waals surface area contributed by atoms with Crippen LogP contribution in [0.25, 0.3) is 0 Å². The fourth-order valence-electron chi connectivity index (χ4n) is 1.16. The van der Waals surface area contributed by atoms with Gasteiger partial charge < -0.3 is 11.1 Å². The zero-order valence-corrected chi connectivity index (χ0v) is 9.12. The van der Waals surface area contributed by atoms with Gasteiger partial charge in [-0.1, -0.05) is 6.92 Å². The molecule has 0 saturated carbocycles. The Hall–Kier alpha value is -0.220. The Morgan fingerprint density at radius 2 is 2.46 bits per heavy atom. The van der Waals surface area contributed by atoms with Crippen molar-refractivity contribution in [1.29, 1.82) is 0 Å². The van der Waals surface area contributed by atoms with Crippen LogP contribution in [0.15, 0.2) is 0 Å². The minimum Gasteiger partial charge on any atom is -0.351 e. The quantitative estimate of drug-likeness (QED) is 0.709. The molecule has 2 atom stereocenters. The van der Waals surface area contributed by atoms with Gasteiger partial charge in [0.15, 0.2) is 0 Å².